The number of hydrogen-bond acceptors (Lipinski definition) is 2. The van der Waals surface area contributed by atoms with Gasteiger partial charge < -0.3 is 4.98 Å². The number of aryl methyl sites for hydroxylation is 1. The monoisotopic (exact) mass is 282 g/mol. The first-order chi connectivity index (χ1) is 7.58. The summed E-state index contributed by atoms with van der Waals surface area (Å²) in [7, 11) is 0. The lowest BCUT2D eigenvalue weighted by Crippen LogP contribution is -2.08. The van der Waals surface area contributed by atoms with E-state index in [1.165, 1.54) is 6.07 Å². The smallest absolute Gasteiger partial charge is 0.251 e. The van der Waals surface area contributed by atoms with E-state index in [1.807, 2.05) is 0 Å². The fraction of sp³-hybridized carbons (Fsp3) is 0.0909. The van der Waals surface area contributed by atoms with Crippen molar-refractivity contribution in [2.45, 2.75) is 6.92 Å². The number of nitrogens with one attached hydrogen (secondary N) is 1. The van der Waals surface area contributed by atoms with Crippen molar-refractivity contribution in [3.05, 3.63) is 50.7 Å². The van der Waals surface area contributed by atoms with Gasteiger partial charge >= 0.3 is 0 Å². The van der Waals surface area contributed by atoms with E-state index in [2.05, 4.69) is 25.9 Å². The zero-order chi connectivity index (χ0) is 11.7. The number of benzene rings is 1. The Bertz CT molecular complexity index is 595. The minimum atomic E-state index is -0.417. The molecule has 0 saturated carbocycles. The molecule has 0 saturated heterocycles. The van der Waals surface area contributed by atoms with Gasteiger partial charge in [-0.05, 0) is 35.0 Å². The van der Waals surface area contributed by atoms with Crippen molar-refractivity contribution >= 4 is 15.9 Å². The van der Waals surface area contributed by atoms with Crippen LogP contribution in [0.2, 0.25) is 0 Å². The minimum absolute atomic E-state index is 0.290. The second kappa shape index (κ2) is 4.17. The van der Waals surface area contributed by atoms with E-state index in [0.717, 1.165) is 0 Å². The molecule has 0 aliphatic heterocycles. The normalized spacial score (nSPS) is 10.4. The molecule has 5 heteroatoms. The molecule has 0 bridgehead atoms. The first-order valence-electron chi connectivity index (χ1n) is 4.60. The molecule has 3 nitrogen and oxygen atoms in total. The zero-order valence-electron chi connectivity index (χ0n) is 8.42. The fourth-order valence-corrected chi connectivity index (χ4v) is 1.79. The first-order valence-corrected chi connectivity index (χ1v) is 5.39. The van der Waals surface area contributed by atoms with Crippen LogP contribution in [0.1, 0.15) is 5.82 Å². The predicted octanol–water partition coefficient (Wildman–Crippen LogP) is 2.65. The van der Waals surface area contributed by atoms with E-state index in [9.17, 15) is 9.18 Å². The summed E-state index contributed by atoms with van der Waals surface area (Å²) < 4.78 is 14.1. The second-order valence-corrected chi connectivity index (χ2v) is 4.17. The third-order valence-corrected chi connectivity index (χ3v) is 2.70. The van der Waals surface area contributed by atoms with Gasteiger partial charge in [-0.3, -0.25) is 4.79 Å². The summed E-state index contributed by atoms with van der Waals surface area (Å²) in [6.07, 6.45) is 0. The van der Waals surface area contributed by atoms with E-state index >= 15 is 0 Å². The van der Waals surface area contributed by atoms with Crippen LogP contribution in [0.3, 0.4) is 0 Å². The van der Waals surface area contributed by atoms with Crippen LogP contribution >= 0.6 is 15.9 Å². The molecule has 0 fully saturated rings. The Morgan fingerprint density at radius 3 is 2.88 bits per heavy atom. The van der Waals surface area contributed by atoms with Gasteiger partial charge in [0.1, 0.15) is 11.6 Å². The first kappa shape index (κ1) is 11.0. The topological polar surface area (TPSA) is 45.8 Å². The molecule has 2 aromatic rings. The van der Waals surface area contributed by atoms with Crippen LogP contribution in [-0.4, -0.2) is 9.97 Å². The standard InChI is InChI=1S/C11H8BrFN2O/c1-6-14-9(5-10(16)15-6)7-3-2-4-8(12)11(7)13/h2-5H,1H3,(H,14,15,16). The molecule has 0 aliphatic carbocycles. The number of halogens is 2. The van der Waals surface area contributed by atoms with Gasteiger partial charge in [-0.1, -0.05) is 6.07 Å². The average molecular weight is 283 g/mol. The van der Waals surface area contributed by atoms with Crippen LogP contribution in [0, 0.1) is 12.7 Å². The average Bonchev–Trinajstić information content (AvgIpc) is 2.20. The van der Waals surface area contributed by atoms with Gasteiger partial charge in [0.05, 0.1) is 10.2 Å². The van der Waals surface area contributed by atoms with Gasteiger partial charge in [-0.2, -0.15) is 0 Å². The van der Waals surface area contributed by atoms with E-state index in [0.29, 0.717) is 21.6 Å². The Balaban J connectivity index is 2.67. The van der Waals surface area contributed by atoms with E-state index in [-0.39, 0.29) is 5.56 Å². The van der Waals surface area contributed by atoms with Gasteiger partial charge in [-0.25, -0.2) is 9.37 Å². The largest absolute Gasteiger partial charge is 0.311 e. The van der Waals surface area contributed by atoms with Gasteiger partial charge in [0.2, 0.25) is 0 Å². The highest BCUT2D eigenvalue weighted by Crippen LogP contribution is 2.25. The number of hydrogen-bond donors (Lipinski definition) is 1. The van der Waals surface area contributed by atoms with Crippen molar-refractivity contribution in [1.29, 1.82) is 0 Å². The van der Waals surface area contributed by atoms with Crippen molar-refractivity contribution in [2.75, 3.05) is 0 Å². The molecular formula is C11H8BrFN2O. The molecule has 1 aromatic carbocycles. The predicted molar refractivity (Wildman–Crippen MR) is 62.7 cm³/mol. The van der Waals surface area contributed by atoms with Crippen LogP contribution in [0.15, 0.2) is 33.5 Å². The highest BCUT2D eigenvalue weighted by atomic mass is 79.9. The lowest BCUT2D eigenvalue weighted by atomic mass is 10.1. The highest BCUT2D eigenvalue weighted by Gasteiger charge is 2.10. The fourth-order valence-electron chi connectivity index (χ4n) is 1.42. The maximum Gasteiger partial charge on any atom is 0.251 e. The van der Waals surface area contributed by atoms with Gasteiger partial charge in [0.15, 0.2) is 0 Å². The third kappa shape index (κ3) is 2.04. The Kier molecular flexibility index (Phi) is 2.87. The molecule has 1 N–H and O–H groups in total. The molecule has 0 unspecified atom stereocenters. The Hall–Kier alpha value is -1.49. The number of rotatable bonds is 1. The zero-order valence-corrected chi connectivity index (χ0v) is 10.0. The Morgan fingerprint density at radius 2 is 2.19 bits per heavy atom. The second-order valence-electron chi connectivity index (χ2n) is 3.32. The summed E-state index contributed by atoms with van der Waals surface area (Å²) in [6, 6.07) is 6.15. The maximum absolute atomic E-state index is 13.8. The van der Waals surface area contributed by atoms with Crippen LogP contribution in [-0.2, 0) is 0 Å². The van der Waals surface area contributed by atoms with Crippen molar-refractivity contribution in [3.63, 3.8) is 0 Å². The lowest BCUT2D eigenvalue weighted by molar-refractivity contribution is 0.624. The van der Waals surface area contributed by atoms with Crippen molar-refractivity contribution < 1.29 is 4.39 Å². The van der Waals surface area contributed by atoms with Gasteiger partial charge in [0, 0.05) is 11.6 Å². The molecule has 0 radical (unpaired) electrons. The van der Waals surface area contributed by atoms with Crippen LogP contribution in [0.4, 0.5) is 4.39 Å². The molecule has 1 aromatic heterocycles. The maximum atomic E-state index is 13.8. The molecule has 0 aliphatic rings. The summed E-state index contributed by atoms with van der Waals surface area (Å²) in [5.41, 5.74) is 0.352. The summed E-state index contributed by atoms with van der Waals surface area (Å²) >= 11 is 3.09. The van der Waals surface area contributed by atoms with Crippen molar-refractivity contribution in [1.82, 2.24) is 9.97 Å². The van der Waals surface area contributed by atoms with Crippen molar-refractivity contribution in [2.24, 2.45) is 0 Å². The quantitative estimate of drug-likeness (QED) is 0.874. The van der Waals surface area contributed by atoms with Crippen LogP contribution in [0.5, 0.6) is 0 Å². The van der Waals surface area contributed by atoms with E-state index in [1.54, 1.807) is 25.1 Å². The molecule has 82 valence electrons. The van der Waals surface area contributed by atoms with Crippen LogP contribution in [0.25, 0.3) is 11.3 Å². The molecule has 0 amide bonds. The number of aromatic amines is 1. The Labute approximate surface area is 99.5 Å². The van der Waals surface area contributed by atoms with Gasteiger partial charge in [-0.15, -0.1) is 0 Å². The summed E-state index contributed by atoms with van der Waals surface area (Å²) in [6.45, 7) is 1.65. The molecule has 2 rings (SSSR count). The Morgan fingerprint density at radius 1 is 1.44 bits per heavy atom. The van der Waals surface area contributed by atoms with Crippen molar-refractivity contribution in [3.8, 4) is 11.3 Å². The summed E-state index contributed by atoms with van der Waals surface area (Å²) in [4.78, 5) is 17.9. The number of aromatic nitrogens is 2. The van der Waals surface area contributed by atoms with Crippen LogP contribution < -0.4 is 5.56 Å². The SMILES string of the molecule is Cc1nc(-c2cccc(Br)c2F)cc(=O)[nH]1. The molecule has 0 atom stereocenters. The summed E-state index contributed by atoms with van der Waals surface area (Å²) in [5.74, 6) is 0.0434. The highest BCUT2D eigenvalue weighted by molar-refractivity contribution is 9.10. The molecule has 0 spiro atoms. The molecular weight excluding hydrogens is 275 g/mol. The lowest BCUT2D eigenvalue weighted by Gasteiger charge is -2.04. The number of H-pyrrole nitrogens is 1. The van der Waals surface area contributed by atoms with E-state index < -0.39 is 5.82 Å². The molecule has 1 heterocycles. The number of nitrogens with zero attached hydrogens (tertiary/aromatic N) is 1. The molecule has 16 heavy (non-hydrogen) atoms. The minimum Gasteiger partial charge on any atom is -0.311 e. The summed E-state index contributed by atoms with van der Waals surface area (Å²) in [5, 5.41) is 0. The van der Waals surface area contributed by atoms with Gasteiger partial charge in [0.25, 0.3) is 5.56 Å². The third-order valence-electron chi connectivity index (χ3n) is 2.09. The van der Waals surface area contributed by atoms with E-state index in [4.69, 9.17) is 0 Å².